The van der Waals surface area contributed by atoms with E-state index in [0.717, 1.165) is 78.3 Å². The van der Waals surface area contributed by atoms with Gasteiger partial charge in [0.25, 0.3) is 0 Å². The molecule has 0 spiro atoms. The van der Waals surface area contributed by atoms with Gasteiger partial charge >= 0.3 is 0 Å². The lowest BCUT2D eigenvalue weighted by atomic mass is 9.87. The third-order valence-corrected chi connectivity index (χ3v) is 12.4. The van der Waals surface area contributed by atoms with Crippen LogP contribution in [-0.2, 0) is 5.41 Å². The van der Waals surface area contributed by atoms with Crippen molar-refractivity contribution >= 4 is 55.9 Å². The van der Waals surface area contributed by atoms with Gasteiger partial charge in [-0.2, -0.15) is 0 Å². The monoisotopic (exact) mass is 864 g/mol. The summed E-state index contributed by atoms with van der Waals surface area (Å²) in [6, 6.07) is 83.4. The summed E-state index contributed by atoms with van der Waals surface area (Å²) in [5.41, 5.74) is 13.9. The average molecular weight is 865 g/mol. The Morgan fingerprint density at radius 1 is 0.328 bits per heavy atom. The summed E-state index contributed by atoms with van der Waals surface area (Å²) in [7, 11) is 0. The molecule has 322 valence electrons. The number of fused-ring (bicyclic) bond motifs is 3. The fourth-order valence-electron chi connectivity index (χ4n) is 8.99. The minimum atomic E-state index is 0.0433. The number of nitrogens with zero attached hydrogens (tertiary/aromatic N) is 6. The molecule has 6 nitrogen and oxygen atoms in total. The molecular formula is C61H48N6. The summed E-state index contributed by atoms with van der Waals surface area (Å²) in [6.07, 6.45) is 0. The van der Waals surface area contributed by atoms with Gasteiger partial charge in [0.05, 0.1) is 11.0 Å². The van der Waals surface area contributed by atoms with Gasteiger partial charge in [0, 0.05) is 67.3 Å². The predicted molar refractivity (Wildman–Crippen MR) is 279 cm³/mol. The van der Waals surface area contributed by atoms with Crippen molar-refractivity contribution in [2.75, 3.05) is 9.80 Å². The summed E-state index contributed by atoms with van der Waals surface area (Å²) in [4.78, 5) is 19.7. The maximum Gasteiger partial charge on any atom is 0.164 e. The van der Waals surface area contributed by atoms with Crippen LogP contribution < -0.4 is 9.80 Å². The highest BCUT2D eigenvalue weighted by Crippen LogP contribution is 2.43. The van der Waals surface area contributed by atoms with Crippen molar-refractivity contribution in [2.45, 2.75) is 26.2 Å². The lowest BCUT2D eigenvalue weighted by molar-refractivity contribution is 0.590. The molecule has 11 aromatic rings. The smallest absolute Gasteiger partial charge is 0.164 e. The van der Waals surface area contributed by atoms with Crippen LogP contribution >= 0.6 is 0 Å². The quantitative estimate of drug-likeness (QED) is 0.137. The van der Waals surface area contributed by atoms with Crippen molar-refractivity contribution in [3.05, 3.63) is 242 Å². The highest BCUT2D eigenvalue weighted by molar-refractivity contribution is 6.12. The summed E-state index contributed by atoms with van der Waals surface area (Å²) < 4.78 is 2.38. The molecule has 0 saturated heterocycles. The highest BCUT2D eigenvalue weighted by Gasteiger charge is 2.22. The van der Waals surface area contributed by atoms with Crippen molar-refractivity contribution in [3.63, 3.8) is 0 Å². The molecule has 0 unspecified atom stereocenters. The van der Waals surface area contributed by atoms with Crippen molar-refractivity contribution in [1.82, 2.24) is 19.5 Å². The first-order valence-corrected chi connectivity index (χ1v) is 22.8. The van der Waals surface area contributed by atoms with Gasteiger partial charge in [0.2, 0.25) is 0 Å². The molecular weight excluding hydrogens is 817 g/mol. The summed E-state index contributed by atoms with van der Waals surface area (Å²) >= 11 is 0. The van der Waals surface area contributed by atoms with Gasteiger partial charge in [0.1, 0.15) is 0 Å². The van der Waals surface area contributed by atoms with Gasteiger partial charge in [-0.3, -0.25) is 0 Å². The zero-order valence-electron chi connectivity index (χ0n) is 37.7. The second kappa shape index (κ2) is 17.4. The predicted octanol–water partition coefficient (Wildman–Crippen LogP) is 16.2. The van der Waals surface area contributed by atoms with Crippen LogP contribution in [0.4, 0.5) is 34.1 Å². The van der Waals surface area contributed by atoms with E-state index in [1.807, 2.05) is 60.7 Å². The molecule has 0 aliphatic heterocycles. The van der Waals surface area contributed by atoms with Crippen LogP contribution in [0.5, 0.6) is 0 Å². The van der Waals surface area contributed by atoms with Crippen LogP contribution in [0.1, 0.15) is 26.3 Å². The Kier molecular flexibility index (Phi) is 10.7. The summed E-state index contributed by atoms with van der Waals surface area (Å²) in [5, 5.41) is 2.29. The average Bonchev–Trinajstić information content (AvgIpc) is 3.71. The summed E-state index contributed by atoms with van der Waals surface area (Å²) in [5.74, 6) is 1.89. The Morgan fingerprint density at radius 3 is 1.03 bits per heavy atom. The van der Waals surface area contributed by atoms with Crippen LogP contribution in [-0.4, -0.2) is 19.5 Å². The van der Waals surface area contributed by atoms with E-state index in [4.69, 9.17) is 15.0 Å². The molecule has 6 heteroatoms. The van der Waals surface area contributed by atoms with E-state index < -0.39 is 0 Å². The minimum absolute atomic E-state index is 0.0433. The number of hydrogen-bond acceptors (Lipinski definition) is 5. The largest absolute Gasteiger partial charge is 0.310 e. The molecule has 9 aromatic carbocycles. The second-order valence-corrected chi connectivity index (χ2v) is 17.8. The second-order valence-electron chi connectivity index (χ2n) is 17.8. The Morgan fingerprint density at radius 2 is 0.657 bits per heavy atom. The third-order valence-electron chi connectivity index (χ3n) is 12.4. The Bertz CT molecular complexity index is 3360. The van der Waals surface area contributed by atoms with Gasteiger partial charge < -0.3 is 14.4 Å². The SMILES string of the molecule is CC(C)(C)c1ccc(N(c2ccccc2)c2ccc3c(c2)c2cc(N(c4ccccc4)c4ccccc4)ccc2n3-c2ccc(-c3nc(-c4ccccc4)nc(-c4ccccc4)n3)cc2)cc1. The molecule has 0 N–H and O–H groups in total. The molecule has 0 atom stereocenters. The van der Waals surface area contributed by atoms with E-state index in [9.17, 15) is 0 Å². The molecule has 67 heavy (non-hydrogen) atoms. The number of hydrogen-bond donors (Lipinski definition) is 0. The van der Waals surface area contributed by atoms with E-state index in [1.165, 1.54) is 5.56 Å². The molecule has 0 aliphatic rings. The van der Waals surface area contributed by atoms with E-state index in [0.29, 0.717) is 17.5 Å². The van der Waals surface area contributed by atoms with Gasteiger partial charge in [-0.25, -0.2) is 15.0 Å². The number of aromatic nitrogens is 4. The zero-order valence-corrected chi connectivity index (χ0v) is 37.7. The van der Waals surface area contributed by atoms with Gasteiger partial charge in [-0.05, 0) is 120 Å². The van der Waals surface area contributed by atoms with Gasteiger partial charge in [-0.1, -0.05) is 148 Å². The Hall–Kier alpha value is -8.61. The standard InChI is InChI=1S/C61H48N6/c1-61(2,3)46-31-35-50(36-32-46)66(49-27-17-8-18-28-49)53-38-40-57-55(42-53)54-41-52(65(47-23-13-6-14-24-47)48-25-15-7-16-26-48)37-39-56(54)67(57)51-33-29-45(30-34-51)60-63-58(43-19-9-4-10-20-43)62-59(64-60)44-21-11-5-12-22-44/h4-42H,1-3H3. The minimum Gasteiger partial charge on any atom is -0.310 e. The number of para-hydroxylation sites is 3. The van der Waals surface area contributed by atoms with Crippen LogP contribution in [0, 0.1) is 0 Å². The van der Waals surface area contributed by atoms with E-state index in [1.54, 1.807) is 0 Å². The van der Waals surface area contributed by atoms with Crippen molar-refractivity contribution in [3.8, 4) is 39.9 Å². The molecule has 0 aliphatic carbocycles. The maximum atomic E-state index is 5.02. The van der Waals surface area contributed by atoms with Gasteiger partial charge in [-0.15, -0.1) is 0 Å². The third kappa shape index (κ3) is 8.11. The number of rotatable bonds is 10. The first-order valence-electron chi connectivity index (χ1n) is 22.8. The Balaban J connectivity index is 1.09. The fraction of sp³-hybridized carbons (Fsp3) is 0.0656. The van der Waals surface area contributed by atoms with Crippen molar-refractivity contribution in [1.29, 1.82) is 0 Å². The molecule has 0 bridgehead atoms. The Labute approximate surface area is 391 Å². The number of anilines is 6. The molecule has 0 radical (unpaired) electrons. The number of benzene rings is 9. The highest BCUT2D eigenvalue weighted by atomic mass is 15.2. The lowest BCUT2D eigenvalue weighted by Gasteiger charge is -2.27. The van der Waals surface area contributed by atoms with E-state index >= 15 is 0 Å². The van der Waals surface area contributed by atoms with Crippen LogP contribution in [0.15, 0.2) is 237 Å². The van der Waals surface area contributed by atoms with Gasteiger partial charge in [0.15, 0.2) is 17.5 Å². The van der Waals surface area contributed by atoms with E-state index in [2.05, 4.69) is 211 Å². The van der Waals surface area contributed by atoms with Crippen molar-refractivity contribution < 1.29 is 0 Å². The first kappa shape index (κ1) is 41.1. The molecule has 2 aromatic heterocycles. The molecule has 2 heterocycles. The molecule has 0 saturated carbocycles. The van der Waals surface area contributed by atoms with E-state index in [-0.39, 0.29) is 5.41 Å². The topological polar surface area (TPSA) is 50.1 Å². The molecule has 11 rings (SSSR count). The molecule has 0 amide bonds. The van der Waals surface area contributed by atoms with Crippen molar-refractivity contribution in [2.24, 2.45) is 0 Å². The first-order chi connectivity index (χ1) is 32.9. The normalized spacial score (nSPS) is 11.5. The fourth-order valence-corrected chi connectivity index (χ4v) is 8.99. The van der Waals surface area contributed by atoms with Crippen LogP contribution in [0.2, 0.25) is 0 Å². The zero-order chi connectivity index (χ0) is 45.3. The lowest BCUT2D eigenvalue weighted by Crippen LogP contribution is -2.13. The maximum absolute atomic E-state index is 5.02. The molecule has 0 fully saturated rings. The van der Waals surface area contributed by atoms with Crippen LogP contribution in [0.25, 0.3) is 61.7 Å². The van der Waals surface area contributed by atoms with Crippen LogP contribution in [0.3, 0.4) is 0 Å². The summed E-state index contributed by atoms with van der Waals surface area (Å²) in [6.45, 7) is 6.78.